The van der Waals surface area contributed by atoms with Gasteiger partial charge in [0, 0.05) is 25.6 Å². The number of carbonyl (C=O) groups is 3. The molecule has 1 aromatic carbocycles. The largest absolute Gasteiger partial charge is 0.314 e. The molecule has 0 radical (unpaired) electrons. The average Bonchev–Trinajstić information content (AvgIpc) is 2.77. The number of carbonyl (C=O) groups excluding carboxylic acids is 3. The lowest BCUT2D eigenvalue weighted by Gasteiger charge is -2.26. The minimum absolute atomic E-state index is 0.200. The highest BCUT2D eigenvalue weighted by Gasteiger charge is 2.37. The molecular formula is C14H16N2O3. The fraction of sp³-hybridized carbons (Fsp3) is 0.357. The van der Waals surface area contributed by atoms with E-state index in [0.717, 1.165) is 10.6 Å². The molecule has 5 heteroatoms. The zero-order valence-electron chi connectivity index (χ0n) is 11.0. The summed E-state index contributed by atoms with van der Waals surface area (Å²) >= 11 is 0. The van der Waals surface area contributed by atoms with E-state index in [1.165, 1.54) is 4.90 Å². The van der Waals surface area contributed by atoms with Crippen LogP contribution in [0.15, 0.2) is 30.3 Å². The molecule has 1 aliphatic rings. The second kappa shape index (κ2) is 5.22. The summed E-state index contributed by atoms with van der Waals surface area (Å²) in [5, 5.41) is 0. The first kappa shape index (κ1) is 13.3. The molecule has 1 atom stereocenters. The normalized spacial score (nSPS) is 16.6. The number of likely N-dealkylation sites (N-methyl/N-ethyl adjacent to an activating group) is 1. The topological polar surface area (TPSA) is 57.7 Å². The molecule has 0 aliphatic carbocycles. The lowest BCUT2D eigenvalue weighted by Crippen LogP contribution is -2.48. The summed E-state index contributed by atoms with van der Waals surface area (Å²) in [5.74, 6) is -0.811. The Morgan fingerprint density at radius 2 is 1.68 bits per heavy atom. The third-order valence-electron chi connectivity index (χ3n) is 3.31. The van der Waals surface area contributed by atoms with Crippen molar-refractivity contribution in [3.05, 3.63) is 30.3 Å². The van der Waals surface area contributed by atoms with Crippen LogP contribution in [0.5, 0.6) is 0 Å². The monoisotopic (exact) mass is 260 g/mol. The number of benzene rings is 1. The van der Waals surface area contributed by atoms with E-state index >= 15 is 0 Å². The second-order valence-corrected chi connectivity index (χ2v) is 4.57. The molecule has 0 saturated carbocycles. The van der Waals surface area contributed by atoms with Crippen LogP contribution in [0.2, 0.25) is 0 Å². The molecule has 3 amide bonds. The number of nitrogens with zero attached hydrogens (tertiary/aromatic N) is 2. The summed E-state index contributed by atoms with van der Waals surface area (Å²) in [6, 6.07) is 8.37. The van der Waals surface area contributed by atoms with Crippen molar-refractivity contribution in [2.45, 2.75) is 25.8 Å². The first-order chi connectivity index (χ1) is 9.02. The molecule has 1 saturated heterocycles. The van der Waals surface area contributed by atoms with Gasteiger partial charge in [-0.3, -0.25) is 19.3 Å². The van der Waals surface area contributed by atoms with Gasteiger partial charge in [-0.2, -0.15) is 0 Å². The third-order valence-corrected chi connectivity index (χ3v) is 3.31. The number of imide groups is 1. The zero-order valence-corrected chi connectivity index (χ0v) is 11.0. The Bertz CT molecular complexity index is 497. The standard InChI is InChI=1S/C14H16N2O3/c1-10(16-12(17)8-9-13(16)18)14(19)15(2)11-6-4-3-5-7-11/h3-7,10H,8-9H2,1-2H3/t10-/m1/s1. The lowest BCUT2D eigenvalue weighted by atomic mass is 10.2. The van der Waals surface area contributed by atoms with Crippen molar-refractivity contribution >= 4 is 23.4 Å². The van der Waals surface area contributed by atoms with Crippen LogP contribution in [-0.2, 0) is 14.4 Å². The number of likely N-dealkylation sites (tertiary alicyclic amines) is 1. The van der Waals surface area contributed by atoms with Gasteiger partial charge in [-0.25, -0.2) is 0 Å². The Labute approximate surface area is 111 Å². The van der Waals surface area contributed by atoms with Gasteiger partial charge in [0.05, 0.1) is 0 Å². The Balaban J connectivity index is 2.15. The highest BCUT2D eigenvalue weighted by Crippen LogP contribution is 2.19. The van der Waals surface area contributed by atoms with Crippen molar-refractivity contribution in [1.82, 2.24) is 4.90 Å². The Hall–Kier alpha value is -2.17. The predicted octanol–water partition coefficient (Wildman–Crippen LogP) is 1.19. The summed E-state index contributed by atoms with van der Waals surface area (Å²) in [6.45, 7) is 1.59. The quantitative estimate of drug-likeness (QED) is 0.767. The van der Waals surface area contributed by atoms with E-state index in [-0.39, 0.29) is 30.6 Å². The number of hydrogen-bond donors (Lipinski definition) is 0. The first-order valence-corrected chi connectivity index (χ1v) is 6.20. The third kappa shape index (κ3) is 2.50. The Morgan fingerprint density at radius 3 is 2.21 bits per heavy atom. The van der Waals surface area contributed by atoms with Crippen LogP contribution in [0.3, 0.4) is 0 Å². The molecule has 1 fully saturated rings. The zero-order chi connectivity index (χ0) is 14.0. The van der Waals surface area contributed by atoms with E-state index in [9.17, 15) is 14.4 Å². The molecule has 1 aromatic rings. The van der Waals surface area contributed by atoms with Crippen molar-refractivity contribution < 1.29 is 14.4 Å². The van der Waals surface area contributed by atoms with Crippen LogP contribution >= 0.6 is 0 Å². The number of para-hydroxylation sites is 1. The van der Waals surface area contributed by atoms with Gasteiger partial charge in [0.1, 0.15) is 6.04 Å². The van der Waals surface area contributed by atoms with Crippen LogP contribution in [0.1, 0.15) is 19.8 Å². The summed E-state index contributed by atoms with van der Waals surface area (Å²) in [5.41, 5.74) is 0.735. The number of rotatable bonds is 3. The summed E-state index contributed by atoms with van der Waals surface area (Å²) in [4.78, 5) is 38.1. The molecule has 5 nitrogen and oxygen atoms in total. The summed E-state index contributed by atoms with van der Waals surface area (Å²) < 4.78 is 0. The van der Waals surface area contributed by atoms with Gasteiger partial charge >= 0.3 is 0 Å². The van der Waals surface area contributed by atoms with Gasteiger partial charge in [-0.1, -0.05) is 18.2 Å². The summed E-state index contributed by atoms with van der Waals surface area (Å²) in [7, 11) is 1.64. The van der Waals surface area contributed by atoms with Crippen LogP contribution in [-0.4, -0.2) is 35.7 Å². The molecule has 0 unspecified atom stereocenters. The molecule has 0 aromatic heterocycles. The van der Waals surface area contributed by atoms with Crippen molar-refractivity contribution in [2.24, 2.45) is 0 Å². The van der Waals surface area contributed by atoms with E-state index in [4.69, 9.17) is 0 Å². The van der Waals surface area contributed by atoms with Crippen LogP contribution in [0.4, 0.5) is 5.69 Å². The van der Waals surface area contributed by atoms with Crippen molar-refractivity contribution in [3.63, 3.8) is 0 Å². The van der Waals surface area contributed by atoms with Gasteiger partial charge in [0.25, 0.3) is 0 Å². The molecule has 2 rings (SSSR count). The highest BCUT2D eigenvalue weighted by molar-refractivity contribution is 6.08. The smallest absolute Gasteiger partial charge is 0.249 e. The fourth-order valence-electron chi connectivity index (χ4n) is 2.20. The van der Waals surface area contributed by atoms with Crippen LogP contribution in [0, 0.1) is 0 Å². The molecule has 1 aliphatic heterocycles. The van der Waals surface area contributed by atoms with Gasteiger partial charge in [-0.15, -0.1) is 0 Å². The van der Waals surface area contributed by atoms with E-state index < -0.39 is 6.04 Å². The van der Waals surface area contributed by atoms with Gasteiger partial charge in [-0.05, 0) is 19.1 Å². The van der Waals surface area contributed by atoms with Gasteiger partial charge in [0.15, 0.2) is 0 Å². The number of anilines is 1. The maximum absolute atomic E-state index is 12.3. The summed E-state index contributed by atoms with van der Waals surface area (Å²) in [6.07, 6.45) is 0.400. The highest BCUT2D eigenvalue weighted by atomic mass is 16.2. The van der Waals surface area contributed by atoms with Crippen molar-refractivity contribution in [3.8, 4) is 0 Å². The molecular weight excluding hydrogens is 244 g/mol. The van der Waals surface area contributed by atoms with Gasteiger partial charge in [0.2, 0.25) is 17.7 Å². The fourth-order valence-corrected chi connectivity index (χ4v) is 2.20. The average molecular weight is 260 g/mol. The molecule has 1 heterocycles. The minimum atomic E-state index is -0.757. The van der Waals surface area contributed by atoms with E-state index in [0.29, 0.717) is 0 Å². The molecule has 0 N–H and O–H groups in total. The molecule has 100 valence electrons. The SMILES string of the molecule is C[C@H](C(=O)N(C)c1ccccc1)N1C(=O)CCC1=O. The maximum Gasteiger partial charge on any atom is 0.249 e. The Kier molecular flexibility index (Phi) is 3.64. The molecule has 0 spiro atoms. The molecule has 19 heavy (non-hydrogen) atoms. The van der Waals surface area contributed by atoms with Crippen molar-refractivity contribution in [1.29, 1.82) is 0 Å². The first-order valence-electron chi connectivity index (χ1n) is 6.20. The second-order valence-electron chi connectivity index (χ2n) is 4.57. The number of hydrogen-bond acceptors (Lipinski definition) is 3. The van der Waals surface area contributed by atoms with Crippen molar-refractivity contribution in [2.75, 3.05) is 11.9 Å². The minimum Gasteiger partial charge on any atom is -0.314 e. The Morgan fingerprint density at radius 1 is 1.16 bits per heavy atom. The predicted molar refractivity (Wildman–Crippen MR) is 70.4 cm³/mol. The van der Waals surface area contributed by atoms with E-state index in [1.807, 2.05) is 18.2 Å². The number of amides is 3. The maximum atomic E-state index is 12.3. The van der Waals surface area contributed by atoms with Crippen LogP contribution in [0.25, 0.3) is 0 Å². The van der Waals surface area contributed by atoms with Crippen LogP contribution < -0.4 is 4.90 Å². The lowest BCUT2D eigenvalue weighted by molar-refractivity contribution is -0.145. The van der Waals surface area contributed by atoms with Gasteiger partial charge < -0.3 is 4.90 Å². The van der Waals surface area contributed by atoms with E-state index in [1.54, 1.807) is 26.1 Å². The van der Waals surface area contributed by atoms with E-state index in [2.05, 4.69) is 0 Å². The molecule has 0 bridgehead atoms.